The second kappa shape index (κ2) is 9.08. The third kappa shape index (κ3) is 6.01. The maximum absolute atomic E-state index is 6.14. The standard InChI is InChI=1S/C15H29N3O2/c1-4-6-7-8-9-10-11-13-17-14(18-20-13)15(3,16)12-19-5-2/h4-12,16H2,1-3H3. The summed E-state index contributed by atoms with van der Waals surface area (Å²) in [5.41, 5.74) is 5.46. The Morgan fingerprint density at radius 2 is 1.85 bits per heavy atom. The number of unbranched alkanes of at least 4 members (excludes halogenated alkanes) is 5. The average molecular weight is 283 g/mol. The van der Waals surface area contributed by atoms with Gasteiger partial charge in [-0.1, -0.05) is 44.2 Å². The van der Waals surface area contributed by atoms with E-state index in [1.807, 2.05) is 13.8 Å². The van der Waals surface area contributed by atoms with Crippen molar-refractivity contribution in [3.05, 3.63) is 11.7 Å². The van der Waals surface area contributed by atoms with Gasteiger partial charge in [-0.15, -0.1) is 0 Å². The summed E-state index contributed by atoms with van der Waals surface area (Å²) in [6.07, 6.45) is 8.36. The lowest BCUT2D eigenvalue weighted by Crippen LogP contribution is -2.39. The second-order valence-electron chi connectivity index (χ2n) is 5.58. The van der Waals surface area contributed by atoms with Crippen LogP contribution in [0.5, 0.6) is 0 Å². The lowest BCUT2D eigenvalue weighted by atomic mass is 10.1. The second-order valence-corrected chi connectivity index (χ2v) is 5.58. The van der Waals surface area contributed by atoms with Crippen LogP contribution in [0, 0.1) is 0 Å². The number of ether oxygens (including phenoxy) is 1. The van der Waals surface area contributed by atoms with Crippen molar-refractivity contribution in [1.82, 2.24) is 10.1 Å². The zero-order valence-corrected chi connectivity index (χ0v) is 13.2. The van der Waals surface area contributed by atoms with Gasteiger partial charge in [-0.25, -0.2) is 0 Å². The molecule has 1 rings (SSSR count). The van der Waals surface area contributed by atoms with Gasteiger partial charge >= 0.3 is 0 Å². The smallest absolute Gasteiger partial charge is 0.226 e. The number of hydrogen-bond donors (Lipinski definition) is 1. The SMILES string of the molecule is CCCCCCCCc1nc(C(C)(N)COCC)no1. The molecule has 5 heteroatoms. The monoisotopic (exact) mass is 283 g/mol. The van der Waals surface area contributed by atoms with Crippen molar-refractivity contribution in [3.63, 3.8) is 0 Å². The van der Waals surface area contributed by atoms with Crippen molar-refractivity contribution in [2.45, 2.75) is 71.3 Å². The predicted octanol–water partition coefficient (Wildman–Crippen LogP) is 3.18. The number of rotatable bonds is 11. The molecule has 2 N–H and O–H groups in total. The Balaban J connectivity index is 2.32. The van der Waals surface area contributed by atoms with Gasteiger partial charge in [0.25, 0.3) is 0 Å². The molecular formula is C15H29N3O2. The number of nitrogens with two attached hydrogens (primary N) is 1. The molecule has 1 unspecified atom stereocenters. The van der Waals surface area contributed by atoms with E-state index in [1.165, 1.54) is 32.1 Å². The Morgan fingerprint density at radius 3 is 2.55 bits per heavy atom. The highest BCUT2D eigenvalue weighted by Crippen LogP contribution is 2.16. The Labute approximate surface area is 122 Å². The summed E-state index contributed by atoms with van der Waals surface area (Å²) in [4.78, 5) is 4.39. The van der Waals surface area contributed by atoms with E-state index in [0.717, 1.165) is 12.8 Å². The van der Waals surface area contributed by atoms with Crippen molar-refractivity contribution in [3.8, 4) is 0 Å². The van der Waals surface area contributed by atoms with Gasteiger partial charge < -0.3 is 15.0 Å². The molecule has 0 bridgehead atoms. The summed E-state index contributed by atoms with van der Waals surface area (Å²) in [7, 11) is 0. The van der Waals surface area contributed by atoms with Gasteiger partial charge in [0.05, 0.1) is 6.61 Å². The summed E-state index contributed by atoms with van der Waals surface area (Å²) in [5.74, 6) is 1.22. The number of nitrogens with zero attached hydrogens (tertiary/aromatic N) is 2. The van der Waals surface area contributed by atoms with Crippen molar-refractivity contribution in [2.75, 3.05) is 13.2 Å². The molecule has 1 aromatic heterocycles. The molecule has 1 atom stereocenters. The van der Waals surface area contributed by atoms with E-state index < -0.39 is 5.54 Å². The minimum atomic E-state index is -0.682. The molecule has 116 valence electrons. The molecule has 0 aromatic carbocycles. The maximum atomic E-state index is 6.14. The molecule has 0 aliphatic heterocycles. The van der Waals surface area contributed by atoms with Crippen LogP contribution in [0.4, 0.5) is 0 Å². The summed E-state index contributed by atoms with van der Waals surface area (Å²) in [5, 5.41) is 3.98. The lowest BCUT2D eigenvalue weighted by Gasteiger charge is -2.19. The van der Waals surface area contributed by atoms with Crippen LogP contribution in [0.1, 0.15) is 71.0 Å². The van der Waals surface area contributed by atoms with Crippen LogP contribution in [-0.4, -0.2) is 23.4 Å². The van der Waals surface area contributed by atoms with E-state index in [1.54, 1.807) is 0 Å². The van der Waals surface area contributed by atoms with E-state index >= 15 is 0 Å². The van der Waals surface area contributed by atoms with Crippen molar-refractivity contribution >= 4 is 0 Å². The molecule has 0 aliphatic carbocycles. The lowest BCUT2D eigenvalue weighted by molar-refractivity contribution is 0.0962. The Hall–Kier alpha value is -0.940. The number of hydrogen-bond acceptors (Lipinski definition) is 5. The highest BCUT2D eigenvalue weighted by atomic mass is 16.5. The van der Waals surface area contributed by atoms with Gasteiger partial charge in [-0.2, -0.15) is 4.98 Å². The van der Waals surface area contributed by atoms with Gasteiger partial charge in [-0.3, -0.25) is 0 Å². The first-order valence-electron chi connectivity index (χ1n) is 7.79. The van der Waals surface area contributed by atoms with Gasteiger partial charge in [0.2, 0.25) is 5.89 Å². The molecular weight excluding hydrogens is 254 g/mol. The molecule has 0 aliphatic rings. The third-order valence-corrected chi connectivity index (χ3v) is 3.33. The normalized spacial score (nSPS) is 14.4. The van der Waals surface area contributed by atoms with Crippen LogP contribution >= 0.6 is 0 Å². The Kier molecular flexibility index (Phi) is 7.77. The van der Waals surface area contributed by atoms with Crippen LogP contribution in [0.3, 0.4) is 0 Å². The average Bonchev–Trinajstić information content (AvgIpc) is 2.90. The summed E-state index contributed by atoms with van der Waals surface area (Å²) < 4.78 is 10.6. The Morgan fingerprint density at radius 1 is 1.15 bits per heavy atom. The highest BCUT2D eigenvalue weighted by molar-refractivity contribution is 5.01. The summed E-state index contributed by atoms with van der Waals surface area (Å²) in [6.45, 7) is 7.07. The molecule has 5 nitrogen and oxygen atoms in total. The van der Waals surface area contributed by atoms with Crippen molar-refractivity contribution in [1.29, 1.82) is 0 Å². The van der Waals surface area contributed by atoms with Crippen molar-refractivity contribution < 1.29 is 9.26 Å². The molecule has 0 fully saturated rings. The van der Waals surface area contributed by atoms with Gasteiger partial charge in [0.15, 0.2) is 5.82 Å². The predicted molar refractivity (Wildman–Crippen MR) is 79.4 cm³/mol. The van der Waals surface area contributed by atoms with Crippen LogP contribution in [-0.2, 0) is 16.7 Å². The molecule has 1 aromatic rings. The fourth-order valence-corrected chi connectivity index (χ4v) is 2.02. The third-order valence-electron chi connectivity index (χ3n) is 3.33. The van der Waals surface area contributed by atoms with Crippen LogP contribution in [0.15, 0.2) is 4.52 Å². The zero-order chi connectivity index (χ0) is 14.8. The first-order valence-corrected chi connectivity index (χ1v) is 7.79. The quantitative estimate of drug-likeness (QED) is 0.631. The fourth-order valence-electron chi connectivity index (χ4n) is 2.02. The minimum absolute atomic E-state index is 0.402. The van der Waals surface area contributed by atoms with E-state index in [4.69, 9.17) is 15.0 Å². The van der Waals surface area contributed by atoms with Gasteiger partial charge in [-0.05, 0) is 20.3 Å². The highest BCUT2D eigenvalue weighted by Gasteiger charge is 2.27. The topological polar surface area (TPSA) is 74.2 Å². The number of aromatic nitrogens is 2. The molecule has 1 heterocycles. The molecule has 0 saturated carbocycles. The summed E-state index contributed by atoms with van der Waals surface area (Å²) >= 11 is 0. The molecule has 0 amide bonds. The first-order chi connectivity index (χ1) is 9.60. The van der Waals surface area contributed by atoms with Gasteiger partial charge in [0.1, 0.15) is 5.54 Å². The molecule has 0 radical (unpaired) electrons. The maximum Gasteiger partial charge on any atom is 0.226 e. The van der Waals surface area contributed by atoms with Crippen LogP contribution in [0.2, 0.25) is 0 Å². The summed E-state index contributed by atoms with van der Waals surface area (Å²) in [6, 6.07) is 0. The number of aryl methyl sites for hydroxylation is 1. The van der Waals surface area contributed by atoms with Crippen molar-refractivity contribution in [2.24, 2.45) is 5.73 Å². The van der Waals surface area contributed by atoms with E-state index in [9.17, 15) is 0 Å². The van der Waals surface area contributed by atoms with E-state index in [0.29, 0.717) is 24.9 Å². The Bertz CT molecular complexity index is 364. The first kappa shape index (κ1) is 17.1. The largest absolute Gasteiger partial charge is 0.379 e. The van der Waals surface area contributed by atoms with Crippen LogP contribution < -0.4 is 5.73 Å². The van der Waals surface area contributed by atoms with E-state index in [2.05, 4.69) is 17.1 Å². The van der Waals surface area contributed by atoms with Crippen LogP contribution in [0.25, 0.3) is 0 Å². The molecule has 0 saturated heterocycles. The fraction of sp³-hybridized carbons (Fsp3) is 0.867. The van der Waals surface area contributed by atoms with E-state index in [-0.39, 0.29) is 0 Å². The van der Waals surface area contributed by atoms with Gasteiger partial charge in [0, 0.05) is 13.0 Å². The zero-order valence-electron chi connectivity index (χ0n) is 13.2. The molecule has 20 heavy (non-hydrogen) atoms. The minimum Gasteiger partial charge on any atom is -0.379 e. The molecule has 0 spiro atoms.